The molecule has 0 saturated heterocycles. The summed E-state index contributed by atoms with van der Waals surface area (Å²) in [6.07, 6.45) is 1.90. The van der Waals surface area contributed by atoms with Crippen LogP contribution in [0.5, 0.6) is 0 Å². The topological polar surface area (TPSA) is 28.5 Å². The summed E-state index contributed by atoms with van der Waals surface area (Å²) in [5, 5.41) is 6.22. The van der Waals surface area contributed by atoms with E-state index in [0.717, 1.165) is 40.1 Å². The monoisotopic (exact) mass is 509 g/mol. The van der Waals surface area contributed by atoms with Crippen molar-refractivity contribution in [2.75, 3.05) is 4.90 Å². The van der Waals surface area contributed by atoms with Crippen molar-refractivity contribution >= 4 is 49.7 Å². The van der Waals surface area contributed by atoms with E-state index in [0.29, 0.717) is 0 Å². The minimum atomic E-state index is 0.792. The van der Waals surface area contributed by atoms with Crippen molar-refractivity contribution in [1.29, 1.82) is 0 Å². The summed E-state index contributed by atoms with van der Waals surface area (Å²) in [7, 11) is 0. The van der Waals surface area contributed by atoms with Gasteiger partial charge in [-0.3, -0.25) is 4.98 Å². The number of anilines is 1. The molecule has 0 atom stereocenters. The average Bonchev–Trinajstić information content (AvgIpc) is 3.03. The van der Waals surface area contributed by atoms with Crippen molar-refractivity contribution < 1.29 is 0 Å². The molecule has 0 bridgehead atoms. The Labute approximate surface area is 231 Å². The Morgan fingerprint density at radius 2 is 1.38 bits per heavy atom. The first-order valence-electron chi connectivity index (χ1n) is 13.7. The Morgan fingerprint density at radius 1 is 0.575 bits per heavy atom. The lowest BCUT2D eigenvalue weighted by molar-refractivity contribution is 0.973. The summed E-state index contributed by atoms with van der Waals surface area (Å²) in [6, 6.07) is 43.7. The van der Waals surface area contributed by atoms with E-state index in [1.807, 2.05) is 12.3 Å². The fourth-order valence-corrected chi connectivity index (χ4v) is 6.61. The SMILES string of the molecule is c1ccc2c(c1)CN1C(=N2)c2ccc3cccnc3c2-c2cc(-c3cc4ccccc4c4ccccc34)ccc21. The molecule has 2 aliphatic heterocycles. The average molecular weight is 510 g/mol. The van der Waals surface area contributed by atoms with Gasteiger partial charge in [-0.15, -0.1) is 0 Å². The maximum atomic E-state index is 5.18. The van der Waals surface area contributed by atoms with Crippen LogP contribution in [0.15, 0.2) is 133 Å². The maximum absolute atomic E-state index is 5.18. The minimum absolute atomic E-state index is 0.792. The van der Waals surface area contributed by atoms with Crippen LogP contribution in [0.2, 0.25) is 0 Å². The van der Waals surface area contributed by atoms with Crippen LogP contribution >= 0.6 is 0 Å². The van der Waals surface area contributed by atoms with Crippen LogP contribution in [0.4, 0.5) is 11.4 Å². The molecule has 0 unspecified atom stereocenters. The number of hydrogen-bond donors (Lipinski definition) is 0. The van der Waals surface area contributed by atoms with Gasteiger partial charge in [-0.1, -0.05) is 84.9 Å². The molecule has 40 heavy (non-hydrogen) atoms. The van der Waals surface area contributed by atoms with Crippen LogP contribution in [0, 0.1) is 0 Å². The second-order valence-corrected chi connectivity index (χ2v) is 10.6. The van der Waals surface area contributed by atoms with Crippen molar-refractivity contribution in [3.05, 3.63) is 139 Å². The standard InChI is InChI=1S/C37H23N3/c1-3-11-27-24(8-1)20-31(29-13-5-4-12-28(27)29)25-16-18-34-32(21-25)35-30(17-15-23-10-7-19-38-36(23)35)37-39-33-14-6-2-9-26(33)22-40(34)37/h1-21H,22H2. The number of pyridine rings is 1. The van der Waals surface area contributed by atoms with Crippen LogP contribution in [0.1, 0.15) is 11.1 Å². The molecule has 0 saturated carbocycles. The Hall–Kier alpha value is -5.28. The number of aromatic nitrogens is 1. The van der Waals surface area contributed by atoms with Gasteiger partial charge in [0.25, 0.3) is 0 Å². The van der Waals surface area contributed by atoms with Gasteiger partial charge in [0.15, 0.2) is 0 Å². The summed E-state index contributed by atoms with van der Waals surface area (Å²) in [6.45, 7) is 0.792. The maximum Gasteiger partial charge on any atom is 0.142 e. The van der Waals surface area contributed by atoms with E-state index in [1.165, 1.54) is 49.5 Å². The third kappa shape index (κ3) is 3.00. The molecule has 0 fully saturated rings. The van der Waals surface area contributed by atoms with Gasteiger partial charge in [0.1, 0.15) is 5.84 Å². The first-order valence-corrected chi connectivity index (χ1v) is 13.7. The molecular weight excluding hydrogens is 486 g/mol. The molecule has 0 aliphatic carbocycles. The lowest BCUT2D eigenvalue weighted by Crippen LogP contribution is -2.36. The molecule has 6 aromatic carbocycles. The zero-order chi connectivity index (χ0) is 26.2. The smallest absolute Gasteiger partial charge is 0.142 e. The van der Waals surface area contributed by atoms with Crippen molar-refractivity contribution in [2.45, 2.75) is 6.54 Å². The molecule has 3 heteroatoms. The molecule has 1 aromatic heterocycles. The second kappa shape index (κ2) is 8.11. The summed E-state index contributed by atoms with van der Waals surface area (Å²) in [4.78, 5) is 12.5. The fraction of sp³-hybridized carbons (Fsp3) is 0.0270. The van der Waals surface area contributed by atoms with Gasteiger partial charge in [0, 0.05) is 28.3 Å². The highest BCUT2D eigenvalue weighted by molar-refractivity contribution is 6.24. The first-order chi connectivity index (χ1) is 19.8. The van der Waals surface area contributed by atoms with E-state index < -0.39 is 0 Å². The Kier molecular flexibility index (Phi) is 4.39. The van der Waals surface area contributed by atoms with Gasteiger partial charge in [0.05, 0.1) is 23.4 Å². The summed E-state index contributed by atoms with van der Waals surface area (Å²) < 4.78 is 0. The molecule has 186 valence electrons. The first kappa shape index (κ1) is 21.6. The second-order valence-electron chi connectivity index (χ2n) is 10.6. The van der Waals surface area contributed by atoms with Crippen LogP contribution in [-0.4, -0.2) is 10.8 Å². The molecule has 0 spiro atoms. The minimum Gasteiger partial charge on any atom is -0.321 e. The Morgan fingerprint density at radius 3 is 2.33 bits per heavy atom. The number of para-hydroxylation sites is 1. The molecule has 0 amide bonds. The number of rotatable bonds is 1. The largest absolute Gasteiger partial charge is 0.321 e. The van der Waals surface area contributed by atoms with Gasteiger partial charge in [-0.05, 0) is 74.6 Å². The van der Waals surface area contributed by atoms with E-state index >= 15 is 0 Å². The molecular formula is C37H23N3. The molecule has 0 radical (unpaired) electrons. The predicted molar refractivity (Wildman–Crippen MR) is 166 cm³/mol. The number of aliphatic imine (C=N–C) groups is 1. The third-order valence-electron chi connectivity index (χ3n) is 8.45. The normalized spacial score (nSPS) is 13.5. The zero-order valence-electron chi connectivity index (χ0n) is 21.7. The molecule has 3 nitrogen and oxygen atoms in total. The van der Waals surface area contributed by atoms with Crippen LogP contribution in [0.3, 0.4) is 0 Å². The fourth-order valence-electron chi connectivity index (χ4n) is 6.61. The third-order valence-corrected chi connectivity index (χ3v) is 8.45. The van der Waals surface area contributed by atoms with Crippen LogP contribution in [-0.2, 0) is 6.54 Å². The molecule has 0 N–H and O–H groups in total. The Bertz CT molecular complexity index is 2210. The van der Waals surface area contributed by atoms with Crippen LogP contribution in [0.25, 0.3) is 54.7 Å². The van der Waals surface area contributed by atoms with Crippen molar-refractivity contribution in [3.8, 4) is 22.3 Å². The highest BCUT2D eigenvalue weighted by atomic mass is 15.2. The Balaban J connectivity index is 1.36. The van der Waals surface area contributed by atoms with Crippen molar-refractivity contribution in [2.24, 2.45) is 4.99 Å². The number of hydrogen-bond acceptors (Lipinski definition) is 3. The number of nitrogens with zero attached hydrogens (tertiary/aromatic N) is 3. The van der Waals surface area contributed by atoms with Crippen molar-refractivity contribution in [1.82, 2.24) is 4.98 Å². The van der Waals surface area contributed by atoms with Crippen molar-refractivity contribution in [3.63, 3.8) is 0 Å². The van der Waals surface area contributed by atoms with E-state index in [-0.39, 0.29) is 0 Å². The summed E-state index contributed by atoms with van der Waals surface area (Å²) in [5.74, 6) is 0.998. The van der Waals surface area contributed by atoms with Gasteiger partial charge < -0.3 is 4.90 Å². The summed E-state index contributed by atoms with van der Waals surface area (Å²) in [5.41, 5.74) is 10.4. The van der Waals surface area contributed by atoms with E-state index in [2.05, 4.69) is 120 Å². The molecule has 2 aliphatic rings. The van der Waals surface area contributed by atoms with Crippen LogP contribution < -0.4 is 4.90 Å². The van der Waals surface area contributed by atoms with E-state index in [9.17, 15) is 0 Å². The number of benzene rings is 6. The number of amidine groups is 1. The quantitative estimate of drug-likeness (QED) is 0.206. The van der Waals surface area contributed by atoms with Gasteiger partial charge >= 0.3 is 0 Å². The lowest BCUT2D eigenvalue weighted by atomic mass is 9.86. The molecule has 7 aromatic rings. The predicted octanol–water partition coefficient (Wildman–Crippen LogP) is 9.29. The van der Waals surface area contributed by atoms with E-state index in [4.69, 9.17) is 9.98 Å². The van der Waals surface area contributed by atoms with Gasteiger partial charge in [-0.2, -0.15) is 0 Å². The lowest BCUT2D eigenvalue weighted by Gasteiger charge is -2.37. The zero-order valence-corrected chi connectivity index (χ0v) is 21.7. The highest BCUT2D eigenvalue weighted by Gasteiger charge is 2.33. The van der Waals surface area contributed by atoms with E-state index in [1.54, 1.807) is 0 Å². The molecule has 3 heterocycles. The molecule has 9 rings (SSSR count). The number of fused-ring (bicyclic) bond motifs is 12. The summed E-state index contributed by atoms with van der Waals surface area (Å²) >= 11 is 0. The highest BCUT2D eigenvalue weighted by Crippen LogP contribution is 2.47. The van der Waals surface area contributed by atoms with Gasteiger partial charge in [-0.25, -0.2) is 4.99 Å². The van der Waals surface area contributed by atoms with Gasteiger partial charge in [0.2, 0.25) is 0 Å².